The van der Waals surface area contributed by atoms with Crippen molar-refractivity contribution < 1.29 is 25.1 Å². The molecule has 2 amide bonds. The Hall–Kier alpha value is -8.81. The van der Waals surface area contributed by atoms with Crippen LogP contribution in [0.3, 0.4) is 0 Å². The average molecular weight is 1110 g/mol. The van der Waals surface area contributed by atoms with Crippen LogP contribution in [0.2, 0.25) is 5.02 Å². The van der Waals surface area contributed by atoms with Crippen molar-refractivity contribution in [1.29, 1.82) is 0 Å². The van der Waals surface area contributed by atoms with Gasteiger partial charge in [-0.1, -0.05) is 64.2 Å². The van der Waals surface area contributed by atoms with Gasteiger partial charge in [-0.3, -0.25) is 19.6 Å². The van der Waals surface area contributed by atoms with Crippen molar-refractivity contribution in [1.82, 2.24) is 29.9 Å². The summed E-state index contributed by atoms with van der Waals surface area (Å²) in [5, 5.41) is 27.6. The second kappa shape index (κ2) is 28.9. The molecule has 0 radical (unpaired) electrons. The number of hydrogen-bond donors (Lipinski definition) is 8. The van der Waals surface area contributed by atoms with E-state index in [1.165, 1.54) is 11.1 Å². The maximum absolute atomic E-state index is 12.8. The van der Waals surface area contributed by atoms with Crippen molar-refractivity contribution in [3.05, 3.63) is 231 Å². The minimum atomic E-state index is -0.174. The molecule has 4 aromatic heterocycles. The van der Waals surface area contributed by atoms with E-state index in [1.807, 2.05) is 142 Å². The molecule has 20 heteroatoms. The zero-order chi connectivity index (χ0) is 54.1. The van der Waals surface area contributed by atoms with Crippen molar-refractivity contribution >= 4 is 110 Å². The standard InChI is InChI=1S/C29H26N6O.C19H19N5O.C10H8ClN.2ClH.H2O3/c1-18-3-12-26-25(15-18)27(13-14-31-26)33-22-10-6-21(7-11-22)28(36)34-23-8-4-20(5-9-23)17-24-16-19(2)32-29(30)35-24;1-12-10-17(24-19(21)22-12)11-13-2-8-16(9-3-13)23-18(25)14-4-6-15(20)7-5-14;1-7-2-3-10-8(6-7)9(11)4-5-12-10;;;1-3-2/h3-16H,17H2,1-2H3,(H,31,33)(H,34,36)(H2,30,32,35);2-10H,11,20H2,1H3,(H,23,25)(H2,21,22,24);2-6H,1H3;2*1H;1-2H. The van der Waals surface area contributed by atoms with E-state index in [1.54, 1.807) is 36.7 Å². The van der Waals surface area contributed by atoms with Crippen LogP contribution in [-0.4, -0.2) is 52.2 Å². The van der Waals surface area contributed by atoms with E-state index in [4.69, 9.17) is 39.3 Å². The second-order valence-corrected chi connectivity index (χ2v) is 17.9. The summed E-state index contributed by atoms with van der Waals surface area (Å²) in [6, 6.07) is 49.4. The summed E-state index contributed by atoms with van der Waals surface area (Å²) in [5.41, 5.74) is 32.0. The quantitative estimate of drug-likeness (QED) is 0.0359. The maximum Gasteiger partial charge on any atom is 0.255 e. The van der Waals surface area contributed by atoms with Crippen molar-refractivity contribution in [3.8, 4) is 0 Å². The molecule has 17 nitrogen and oxygen atoms in total. The van der Waals surface area contributed by atoms with Crippen LogP contribution < -0.4 is 33.2 Å². The number of aryl methyl sites for hydroxylation is 4. The van der Waals surface area contributed by atoms with E-state index in [2.05, 4.69) is 69.9 Å². The molecule has 0 aliphatic carbocycles. The van der Waals surface area contributed by atoms with E-state index >= 15 is 0 Å². The summed E-state index contributed by atoms with van der Waals surface area (Å²) in [4.78, 5) is 50.3. The Balaban J connectivity index is 0.000000230. The van der Waals surface area contributed by atoms with E-state index in [-0.39, 0.29) is 48.5 Å². The number of benzene rings is 6. The van der Waals surface area contributed by atoms with Crippen molar-refractivity contribution in [3.63, 3.8) is 0 Å². The van der Waals surface area contributed by atoms with Crippen LogP contribution in [-0.2, 0) is 17.9 Å². The molecule has 10 aromatic rings. The van der Waals surface area contributed by atoms with Gasteiger partial charge in [-0.05, 0) is 160 Å². The summed E-state index contributed by atoms with van der Waals surface area (Å²) in [5.74, 6) is 0.215. The summed E-state index contributed by atoms with van der Waals surface area (Å²) in [6.45, 7) is 7.89. The number of pyridine rings is 2. The molecule has 4 heterocycles. The number of carbonyl (C=O) groups excluding carboxylic acids is 2. The van der Waals surface area contributed by atoms with Crippen molar-refractivity contribution in [2.75, 3.05) is 33.2 Å². The van der Waals surface area contributed by atoms with E-state index in [9.17, 15) is 9.59 Å². The minimum absolute atomic E-state index is 0. The molecule has 10 rings (SSSR count). The highest BCUT2D eigenvalue weighted by molar-refractivity contribution is 6.35. The second-order valence-electron chi connectivity index (χ2n) is 17.5. The topological polar surface area (TPSA) is 275 Å². The molecule has 78 heavy (non-hydrogen) atoms. The summed E-state index contributed by atoms with van der Waals surface area (Å²) < 4.78 is 0. The first-order chi connectivity index (χ1) is 36.6. The van der Waals surface area contributed by atoms with Crippen LogP contribution in [0.1, 0.15) is 65.7 Å². The lowest BCUT2D eigenvalue weighted by Crippen LogP contribution is -2.11. The predicted octanol–water partition coefficient (Wildman–Crippen LogP) is 12.6. The van der Waals surface area contributed by atoms with Crippen LogP contribution >= 0.6 is 36.4 Å². The first-order valence-corrected chi connectivity index (χ1v) is 24.0. The summed E-state index contributed by atoms with van der Waals surface area (Å²) in [6.07, 6.45) is 4.81. The van der Waals surface area contributed by atoms with Gasteiger partial charge in [-0.25, -0.2) is 30.5 Å². The molecule has 6 aromatic carbocycles. The molecular weight excluding hydrogens is 1050 g/mol. The van der Waals surface area contributed by atoms with Gasteiger partial charge in [0.15, 0.2) is 0 Å². The van der Waals surface area contributed by atoms with E-state index in [0.29, 0.717) is 29.7 Å². The number of amides is 2. The van der Waals surface area contributed by atoms with E-state index < -0.39 is 0 Å². The fourth-order valence-corrected chi connectivity index (χ4v) is 8.03. The zero-order valence-electron chi connectivity index (χ0n) is 42.8. The maximum atomic E-state index is 12.8. The van der Waals surface area contributed by atoms with Gasteiger partial charge < -0.3 is 33.2 Å². The van der Waals surface area contributed by atoms with Gasteiger partial charge in [0.1, 0.15) is 0 Å². The number of nitrogens with two attached hydrogens (primary N) is 3. The third-order valence-electron chi connectivity index (χ3n) is 11.4. The summed E-state index contributed by atoms with van der Waals surface area (Å²) >= 11 is 5.99. The number of halogens is 3. The third kappa shape index (κ3) is 17.6. The first-order valence-electron chi connectivity index (χ1n) is 23.7. The lowest BCUT2D eigenvalue weighted by Gasteiger charge is -2.11. The SMILES string of the molecule is Cc1cc(Cc2ccc(NC(=O)c3ccc(N)cc3)cc2)nc(N)n1.Cc1ccc2nccc(Cl)c2c1.Cc1ccc2nccc(Nc3ccc(C(=O)Nc4ccc(Cc5cc(C)nc(N)n5)cc4)cc3)c2c1.Cl.Cl.OOO. The molecule has 0 bridgehead atoms. The molecule has 0 saturated heterocycles. The number of aromatic nitrogens is 6. The Labute approximate surface area is 468 Å². The number of nitrogen functional groups attached to an aromatic ring is 3. The minimum Gasteiger partial charge on any atom is -0.399 e. The van der Waals surface area contributed by atoms with Crippen molar-refractivity contribution in [2.24, 2.45) is 0 Å². The van der Waals surface area contributed by atoms with Crippen LogP contribution in [0.4, 0.5) is 40.3 Å². The van der Waals surface area contributed by atoms with Crippen LogP contribution in [0.5, 0.6) is 0 Å². The molecule has 0 spiro atoms. The number of nitrogens with one attached hydrogen (secondary N) is 3. The Morgan fingerprint density at radius 2 is 0.923 bits per heavy atom. The monoisotopic (exact) mass is 1110 g/mol. The molecule has 0 unspecified atom stereocenters. The Morgan fingerprint density at radius 3 is 1.38 bits per heavy atom. The summed E-state index contributed by atoms with van der Waals surface area (Å²) in [7, 11) is 0. The number of carbonyl (C=O) groups is 2. The number of rotatable bonds is 10. The molecule has 0 fully saturated rings. The van der Waals surface area contributed by atoms with Gasteiger partial charge in [0.05, 0.1) is 27.4 Å². The third-order valence-corrected chi connectivity index (χ3v) is 11.7. The van der Waals surface area contributed by atoms with Gasteiger partial charge in [0.25, 0.3) is 11.8 Å². The highest BCUT2D eigenvalue weighted by Gasteiger charge is 2.10. The zero-order valence-corrected chi connectivity index (χ0v) is 45.2. The lowest BCUT2D eigenvalue weighted by molar-refractivity contribution is -0.465. The molecule has 400 valence electrons. The molecule has 0 saturated carbocycles. The van der Waals surface area contributed by atoms with Gasteiger partial charge in [0.2, 0.25) is 11.9 Å². The highest BCUT2D eigenvalue weighted by atomic mass is 35.5. The number of nitrogens with zero attached hydrogens (tertiary/aromatic N) is 6. The fraction of sp³-hybridized carbons (Fsp3) is 0.103. The Kier molecular flexibility index (Phi) is 22.3. The normalized spacial score (nSPS) is 10.2. The Bertz CT molecular complexity index is 3560. The Morgan fingerprint density at radius 1 is 0.513 bits per heavy atom. The number of hydrogen-bond acceptors (Lipinski definition) is 15. The number of fused-ring (bicyclic) bond motifs is 2. The van der Waals surface area contributed by atoms with Crippen LogP contribution in [0.15, 0.2) is 170 Å². The first kappa shape index (κ1) is 60.1. The molecule has 0 aliphatic heterocycles. The van der Waals surface area contributed by atoms with Crippen molar-refractivity contribution in [2.45, 2.75) is 40.5 Å². The highest BCUT2D eigenvalue weighted by Crippen LogP contribution is 2.27. The molecule has 0 aliphatic rings. The van der Waals surface area contributed by atoms with Gasteiger partial charge in [0, 0.05) is 87.0 Å². The average Bonchev–Trinajstić information content (AvgIpc) is 3.39. The van der Waals surface area contributed by atoms with E-state index in [0.717, 1.165) is 83.5 Å². The van der Waals surface area contributed by atoms with Crippen LogP contribution in [0.25, 0.3) is 21.8 Å². The van der Waals surface area contributed by atoms with Gasteiger partial charge >= 0.3 is 0 Å². The molecule has 0 atom stereocenters. The predicted molar refractivity (Wildman–Crippen MR) is 316 cm³/mol. The fourth-order valence-electron chi connectivity index (χ4n) is 7.83. The molecular formula is C58H57Cl3N12O5. The molecule has 11 N–H and O–H groups in total. The van der Waals surface area contributed by atoms with Gasteiger partial charge in [-0.15, -0.1) is 24.8 Å². The smallest absolute Gasteiger partial charge is 0.255 e. The van der Waals surface area contributed by atoms with Crippen LogP contribution in [0, 0.1) is 27.7 Å². The largest absolute Gasteiger partial charge is 0.399 e. The lowest BCUT2D eigenvalue weighted by atomic mass is 10.1. The number of anilines is 7. The van der Waals surface area contributed by atoms with Gasteiger partial charge in [-0.2, -0.15) is 0 Å².